The van der Waals surface area contributed by atoms with Crippen LogP contribution < -0.4 is 5.32 Å². The van der Waals surface area contributed by atoms with Crippen molar-refractivity contribution in [1.29, 1.82) is 0 Å². The van der Waals surface area contributed by atoms with E-state index in [0.717, 1.165) is 19.4 Å². The minimum atomic E-state index is -3.12. The van der Waals surface area contributed by atoms with Gasteiger partial charge in [0, 0.05) is 32.3 Å². The van der Waals surface area contributed by atoms with Crippen LogP contribution in [0, 0.1) is 0 Å². The Bertz CT molecular complexity index is 324. The summed E-state index contributed by atoms with van der Waals surface area (Å²) in [7, 11) is -1.42. The van der Waals surface area contributed by atoms with Crippen molar-refractivity contribution in [3.05, 3.63) is 0 Å². The van der Waals surface area contributed by atoms with E-state index in [1.165, 1.54) is 0 Å². The SMILES string of the molecule is CC(C)NCCCS(=O)(=O)N(C)C1CCOCC1. The molecule has 0 saturated carbocycles. The molecule has 0 spiro atoms. The van der Waals surface area contributed by atoms with Crippen LogP contribution in [-0.4, -0.2) is 57.4 Å². The van der Waals surface area contributed by atoms with Crippen LogP contribution in [0.15, 0.2) is 0 Å². The summed E-state index contributed by atoms with van der Waals surface area (Å²) in [6, 6.07) is 0.516. The number of rotatable bonds is 7. The molecule has 0 amide bonds. The molecule has 1 fully saturated rings. The molecule has 0 aromatic rings. The monoisotopic (exact) mass is 278 g/mol. The molecule has 0 aromatic carbocycles. The summed E-state index contributed by atoms with van der Waals surface area (Å²) < 4.78 is 31.1. The van der Waals surface area contributed by atoms with Gasteiger partial charge in [0.15, 0.2) is 0 Å². The molecular weight excluding hydrogens is 252 g/mol. The Morgan fingerprint density at radius 2 is 1.94 bits per heavy atom. The van der Waals surface area contributed by atoms with E-state index >= 15 is 0 Å². The summed E-state index contributed by atoms with van der Waals surface area (Å²) in [6.07, 6.45) is 2.27. The summed E-state index contributed by atoms with van der Waals surface area (Å²) in [4.78, 5) is 0. The Hall–Kier alpha value is -0.170. The van der Waals surface area contributed by atoms with Crippen LogP contribution in [-0.2, 0) is 14.8 Å². The van der Waals surface area contributed by atoms with Gasteiger partial charge in [0.05, 0.1) is 5.75 Å². The van der Waals surface area contributed by atoms with Crippen LogP contribution >= 0.6 is 0 Å². The molecular formula is C12H26N2O3S. The van der Waals surface area contributed by atoms with Crippen molar-refractivity contribution in [2.45, 2.75) is 45.2 Å². The molecule has 108 valence electrons. The van der Waals surface area contributed by atoms with E-state index in [2.05, 4.69) is 19.2 Å². The van der Waals surface area contributed by atoms with E-state index in [9.17, 15) is 8.42 Å². The van der Waals surface area contributed by atoms with E-state index in [-0.39, 0.29) is 11.8 Å². The molecule has 18 heavy (non-hydrogen) atoms. The highest BCUT2D eigenvalue weighted by atomic mass is 32.2. The first-order valence-corrected chi connectivity index (χ1v) is 8.31. The largest absolute Gasteiger partial charge is 0.381 e. The minimum Gasteiger partial charge on any atom is -0.381 e. The second kappa shape index (κ2) is 7.43. The summed E-state index contributed by atoms with van der Waals surface area (Å²) in [5, 5.41) is 3.23. The molecule has 1 aliphatic heterocycles. The first-order valence-electron chi connectivity index (χ1n) is 6.70. The summed E-state index contributed by atoms with van der Waals surface area (Å²) >= 11 is 0. The molecule has 1 saturated heterocycles. The van der Waals surface area contributed by atoms with E-state index in [1.807, 2.05) is 0 Å². The average molecular weight is 278 g/mol. The van der Waals surface area contributed by atoms with Gasteiger partial charge in [0.2, 0.25) is 10.0 Å². The number of hydrogen-bond acceptors (Lipinski definition) is 4. The molecule has 5 nitrogen and oxygen atoms in total. The van der Waals surface area contributed by atoms with E-state index in [4.69, 9.17) is 4.74 Å². The van der Waals surface area contributed by atoms with Crippen LogP contribution in [0.5, 0.6) is 0 Å². The van der Waals surface area contributed by atoms with Gasteiger partial charge in [-0.1, -0.05) is 13.8 Å². The van der Waals surface area contributed by atoms with Crippen molar-refractivity contribution in [2.24, 2.45) is 0 Å². The molecule has 0 unspecified atom stereocenters. The molecule has 0 radical (unpaired) electrons. The van der Waals surface area contributed by atoms with Crippen LogP contribution in [0.3, 0.4) is 0 Å². The Labute approximate surface area is 111 Å². The van der Waals surface area contributed by atoms with Gasteiger partial charge in [0.1, 0.15) is 0 Å². The first kappa shape index (κ1) is 15.9. The predicted octanol–water partition coefficient (Wildman–Crippen LogP) is 0.815. The van der Waals surface area contributed by atoms with Crippen molar-refractivity contribution >= 4 is 10.0 Å². The molecule has 1 rings (SSSR count). The first-order chi connectivity index (χ1) is 8.43. The second-order valence-electron chi connectivity index (χ2n) is 5.14. The fraction of sp³-hybridized carbons (Fsp3) is 1.00. The molecule has 0 aliphatic carbocycles. The molecule has 1 N–H and O–H groups in total. The number of nitrogens with zero attached hydrogens (tertiary/aromatic N) is 1. The topological polar surface area (TPSA) is 58.6 Å². The summed E-state index contributed by atoms with van der Waals surface area (Å²) in [5.41, 5.74) is 0. The fourth-order valence-electron chi connectivity index (χ4n) is 2.07. The molecule has 0 aromatic heterocycles. The van der Waals surface area contributed by atoms with Crippen molar-refractivity contribution < 1.29 is 13.2 Å². The third-order valence-corrected chi connectivity index (χ3v) is 5.26. The van der Waals surface area contributed by atoms with Gasteiger partial charge in [0.25, 0.3) is 0 Å². The molecule has 0 bridgehead atoms. The molecule has 1 heterocycles. The van der Waals surface area contributed by atoms with Crippen LogP contribution in [0.2, 0.25) is 0 Å². The van der Waals surface area contributed by atoms with Gasteiger partial charge in [-0.25, -0.2) is 12.7 Å². The van der Waals surface area contributed by atoms with Crippen molar-refractivity contribution in [3.8, 4) is 0 Å². The predicted molar refractivity (Wildman–Crippen MR) is 73.1 cm³/mol. The highest BCUT2D eigenvalue weighted by Gasteiger charge is 2.27. The molecule has 0 atom stereocenters. The number of nitrogens with one attached hydrogen (secondary N) is 1. The van der Waals surface area contributed by atoms with E-state index in [1.54, 1.807) is 11.4 Å². The van der Waals surface area contributed by atoms with Gasteiger partial charge < -0.3 is 10.1 Å². The third kappa shape index (κ3) is 5.22. The van der Waals surface area contributed by atoms with Gasteiger partial charge in [-0.2, -0.15) is 0 Å². The van der Waals surface area contributed by atoms with Gasteiger partial charge in [-0.3, -0.25) is 0 Å². The summed E-state index contributed by atoms with van der Waals surface area (Å²) in [5.74, 6) is 0.223. The van der Waals surface area contributed by atoms with Crippen LogP contribution in [0.25, 0.3) is 0 Å². The number of sulfonamides is 1. The highest BCUT2D eigenvalue weighted by molar-refractivity contribution is 7.89. The van der Waals surface area contributed by atoms with Crippen molar-refractivity contribution in [3.63, 3.8) is 0 Å². The lowest BCUT2D eigenvalue weighted by molar-refractivity contribution is 0.0632. The lowest BCUT2D eigenvalue weighted by Gasteiger charge is -2.30. The zero-order chi connectivity index (χ0) is 13.6. The minimum absolute atomic E-state index is 0.113. The van der Waals surface area contributed by atoms with Crippen LogP contribution in [0.1, 0.15) is 33.1 Å². The Balaban J connectivity index is 2.36. The number of hydrogen-bond donors (Lipinski definition) is 1. The van der Waals surface area contributed by atoms with Crippen molar-refractivity contribution in [1.82, 2.24) is 9.62 Å². The lowest BCUT2D eigenvalue weighted by Crippen LogP contribution is -2.42. The smallest absolute Gasteiger partial charge is 0.214 e. The maximum Gasteiger partial charge on any atom is 0.214 e. The Morgan fingerprint density at radius 3 is 2.50 bits per heavy atom. The molecule has 6 heteroatoms. The second-order valence-corrected chi connectivity index (χ2v) is 7.29. The quantitative estimate of drug-likeness (QED) is 0.700. The molecule has 1 aliphatic rings. The lowest BCUT2D eigenvalue weighted by atomic mass is 10.1. The van der Waals surface area contributed by atoms with Gasteiger partial charge >= 0.3 is 0 Å². The normalized spacial score (nSPS) is 18.7. The highest BCUT2D eigenvalue weighted by Crippen LogP contribution is 2.16. The Morgan fingerprint density at radius 1 is 1.33 bits per heavy atom. The Kier molecular flexibility index (Phi) is 6.55. The zero-order valence-electron chi connectivity index (χ0n) is 11.7. The fourth-order valence-corrected chi connectivity index (χ4v) is 3.53. The maximum absolute atomic E-state index is 12.1. The third-order valence-electron chi connectivity index (χ3n) is 3.28. The summed E-state index contributed by atoms with van der Waals surface area (Å²) in [6.45, 7) is 6.20. The maximum atomic E-state index is 12.1. The standard InChI is InChI=1S/C12H26N2O3S/c1-11(2)13-7-4-10-18(15,16)14(3)12-5-8-17-9-6-12/h11-13H,4-10H2,1-3H3. The average Bonchev–Trinajstić information content (AvgIpc) is 2.34. The zero-order valence-corrected chi connectivity index (χ0v) is 12.5. The van der Waals surface area contributed by atoms with Gasteiger partial charge in [-0.05, 0) is 25.8 Å². The number of ether oxygens (including phenoxy) is 1. The van der Waals surface area contributed by atoms with Crippen molar-refractivity contribution in [2.75, 3.05) is 32.6 Å². The van der Waals surface area contributed by atoms with E-state index < -0.39 is 10.0 Å². The van der Waals surface area contributed by atoms with Gasteiger partial charge in [-0.15, -0.1) is 0 Å². The van der Waals surface area contributed by atoms with E-state index in [0.29, 0.717) is 25.7 Å². The van der Waals surface area contributed by atoms with Crippen LogP contribution in [0.4, 0.5) is 0 Å².